The molecule has 2 aromatic heterocycles. The highest BCUT2D eigenvalue weighted by Crippen LogP contribution is 2.21. The number of benzene rings is 1. The highest BCUT2D eigenvalue weighted by molar-refractivity contribution is 6.32. The normalized spacial score (nSPS) is 10.7. The number of aromatic nitrogens is 3. The summed E-state index contributed by atoms with van der Waals surface area (Å²) in [5.41, 5.74) is 1.96. The number of carbonyl (C=O) groups is 1. The lowest BCUT2D eigenvalue weighted by Gasteiger charge is -2.02. The summed E-state index contributed by atoms with van der Waals surface area (Å²) >= 11 is 6.00. The van der Waals surface area contributed by atoms with E-state index in [0.717, 1.165) is 17.0 Å². The van der Waals surface area contributed by atoms with Gasteiger partial charge in [0, 0.05) is 25.6 Å². The molecule has 25 heavy (non-hydrogen) atoms. The maximum atomic E-state index is 12.1. The van der Waals surface area contributed by atoms with Crippen molar-refractivity contribution in [3.05, 3.63) is 53.1 Å². The standard InChI is InChI=1S/C17H17ClN4O3/c1-22-15(18)14(9-20-22)16(23)19-8-7-12-10-25-17(21-12)11-3-5-13(24-2)6-4-11/h3-6,9-10H,7-8H2,1-2H3,(H,19,23). The van der Waals surface area contributed by atoms with Gasteiger partial charge in [-0.2, -0.15) is 5.10 Å². The number of rotatable bonds is 6. The van der Waals surface area contributed by atoms with E-state index in [-0.39, 0.29) is 5.91 Å². The van der Waals surface area contributed by atoms with Crippen LogP contribution in [0.15, 0.2) is 41.1 Å². The minimum absolute atomic E-state index is 0.267. The summed E-state index contributed by atoms with van der Waals surface area (Å²) < 4.78 is 12.1. The van der Waals surface area contributed by atoms with Gasteiger partial charge >= 0.3 is 0 Å². The quantitative estimate of drug-likeness (QED) is 0.730. The van der Waals surface area contributed by atoms with Crippen LogP contribution in [-0.2, 0) is 13.5 Å². The first-order chi connectivity index (χ1) is 12.1. The van der Waals surface area contributed by atoms with Gasteiger partial charge in [0.1, 0.15) is 17.2 Å². The molecule has 1 aromatic carbocycles. The number of aryl methyl sites for hydroxylation is 1. The van der Waals surface area contributed by atoms with Gasteiger partial charge in [-0.05, 0) is 24.3 Å². The maximum absolute atomic E-state index is 12.1. The van der Waals surface area contributed by atoms with E-state index >= 15 is 0 Å². The molecule has 3 rings (SSSR count). The molecular weight excluding hydrogens is 344 g/mol. The number of methoxy groups -OCH3 is 1. The van der Waals surface area contributed by atoms with Crippen molar-refractivity contribution in [1.82, 2.24) is 20.1 Å². The van der Waals surface area contributed by atoms with Crippen LogP contribution in [0.4, 0.5) is 0 Å². The van der Waals surface area contributed by atoms with Crippen LogP contribution in [-0.4, -0.2) is 34.3 Å². The topological polar surface area (TPSA) is 82.2 Å². The summed E-state index contributed by atoms with van der Waals surface area (Å²) in [5, 5.41) is 7.04. The molecule has 0 saturated carbocycles. The van der Waals surface area contributed by atoms with Gasteiger partial charge in [-0.3, -0.25) is 9.48 Å². The van der Waals surface area contributed by atoms with Crippen molar-refractivity contribution < 1.29 is 13.9 Å². The number of halogens is 1. The zero-order valence-corrected chi connectivity index (χ0v) is 14.6. The predicted octanol–water partition coefficient (Wildman–Crippen LogP) is 2.71. The number of nitrogens with one attached hydrogen (secondary N) is 1. The monoisotopic (exact) mass is 360 g/mol. The SMILES string of the molecule is COc1ccc(-c2nc(CCNC(=O)c3cnn(C)c3Cl)co2)cc1. The lowest BCUT2D eigenvalue weighted by molar-refractivity contribution is 0.0954. The summed E-state index contributed by atoms with van der Waals surface area (Å²) in [6.45, 7) is 0.415. The Labute approximate surface area is 149 Å². The Morgan fingerprint density at radius 1 is 1.36 bits per heavy atom. The van der Waals surface area contributed by atoms with Gasteiger partial charge in [0.05, 0.1) is 24.6 Å². The molecule has 2 heterocycles. The lowest BCUT2D eigenvalue weighted by atomic mass is 10.2. The molecular formula is C17H17ClN4O3. The highest BCUT2D eigenvalue weighted by Gasteiger charge is 2.14. The molecule has 0 bridgehead atoms. The fourth-order valence-electron chi connectivity index (χ4n) is 2.26. The third-order valence-electron chi connectivity index (χ3n) is 3.67. The zero-order valence-electron chi connectivity index (χ0n) is 13.8. The summed E-state index contributed by atoms with van der Waals surface area (Å²) in [5.74, 6) is 1.03. The van der Waals surface area contributed by atoms with Crippen molar-refractivity contribution in [3.63, 3.8) is 0 Å². The molecule has 0 radical (unpaired) electrons. The van der Waals surface area contributed by atoms with Crippen LogP contribution in [0.1, 0.15) is 16.1 Å². The van der Waals surface area contributed by atoms with Crippen molar-refractivity contribution in [2.24, 2.45) is 7.05 Å². The number of nitrogens with zero attached hydrogens (tertiary/aromatic N) is 3. The average molecular weight is 361 g/mol. The second-order valence-corrected chi connectivity index (χ2v) is 5.71. The van der Waals surface area contributed by atoms with E-state index in [0.29, 0.717) is 29.6 Å². The molecule has 0 atom stereocenters. The number of hydrogen-bond donors (Lipinski definition) is 1. The number of amides is 1. The summed E-state index contributed by atoms with van der Waals surface area (Å²) in [6.07, 6.45) is 3.57. The summed E-state index contributed by atoms with van der Waals surface area (Å²) in [4.78, 5) is 16.5. The van der Waals surface area contributed by atoms with E-state index in [4.69, 9.17) is 20.8 Å². The smallest absolute Gasteiger partial charge is 0.256 e. The molecule has 0 unspecified atom stereocenters. The summed E-state index contributed by atoms with van der Waals surface area (Å²) in [6, 6.07) is 7.44. The first-order valence-corrected chi connectivity index (χ1v) is 8.01. The van der Waals surface area contributed by atoms with Gasteiger partial charge in [0.2, 0.25) is 5.89 Å². The molecule has 1 amide bonds. The van der Waals surface area contributed by atoms with E-state index < -0.39 is 0 Å². The molecule has 0 fully saturated rings. The third kappa shape index (κ3) is 3.83. The molecule has 0 spiro atoms. The van der Waals surface area contributed by atoms with Crippen molar-refractivity contribution in [3.8, 4) is 17.2 Å². The zero-order chi connectivity index (χ0) is 17.8. The molecule has 130 valence electrons. The van der Waals surface area contributed by atoms with Gasteiger partial charge in [-0.25, -0.2) is 4.98 Å². The van der Waals surface area contributed by atoms with Crippen LogP contribution in [0, 0.1) is 0 Å². The van der Waals surface area contributed by atoms with Gasteiger partial charge in [0.25, 0.3) is 5.91 Å². The minimum atomic E-state index is -0.267. The van der Waals surface area contributed by atoms with E-state index in [1.807, 2.05) is 24.3 Å². The maximum Gasteiger partial charge on any atom is 0.256 e. The number of ether oxygens (including phenoxy) is 1. The fourth-order valence-corrected chi connectivity index (χ4v) is 2.44. The third-order valence-corrected chi connectivity index (χ3v) is 4.11. The molecule has 0 saturated heterocycles. The first kappa shape index (κ1) is 17.0. The predicted molar refractivity (Wildman–Crippen MR) is 92.7 cm³/mol. The Kier molecular flexibility index (Phi) is 5.04. The van der Waals surface area contributed by atoms with Crippen LogP contribution < -0.4 is 10.1 Å². The van der Waals surface area contributed by atoms with Crippen molar-refractivity contribution in [2.75, 3.05) is 13.7 Å². The Morgan fingerprint density at radius 2 is 2.12 bits per heavy atom. The van der Waals surface area contributed by atoms with Gasteiger partial charge < -0.3 is 14.5 Å². The summed E-state index contributed by atoms with van der Waals surface area (Å²) in [7, 11) is 3.29. The van der Waals surface area contributed by atoms with E-state index in [2.05, 4.69) is 15.4 Å². The molecule has 7 nitrogen and oxygen atoms in total. The molecule has 0 aliphatic heterocycles. The number of hydrogen-bond acceptors (Lipinski definition) is 5. The Hall–Kier alpha value is -2.80. The van der Waals surface area contributed by atoms with Gasteiger partial charge in [0.15, 0.2) is 0 Å². The average Bonchev–Trinajstić information content (AvgIpc) is 3.23. The Balaban J connectivity index is 1.56. The molecule has 8 heteroatoms. The van der Waals surface area contributed by atoms with E-state index in [1.165, 1.54) is 10.9 Å². The lowest BCUT2D eigenvalue weighted by Crippen LogP contribution is -2.25. The Bertz CT molecular complexity index is 870. The van der Waals surface area contributed by atoms with Crippen LogP contribution in [0.25, 0.3) is 11.5 Å². The van der Waals surface area contributed by atoms with Crippen molar-refractivity contribution in [2.45, 2.75) is 6.42 Å². The Morgan fingerprint density at radius 3 is 2.76 bits per heavy atom. The van der Waals surface area contributed by atoms with E-state index in [1.54, 1.807) is 20.4 Å². The second kappa shape index (κ2) is 7.40. The number of carbonyl (C=O) groups excluding carboxylic acids is 1. The van der Waals surface area contributed by atoms with Gasteiger partial charge in [-0.1, -0.05) is 11.6 Å². The second-order valence-electron chi connectivity index (χ2n) is 5.35. The van der Waals surface area contributed by atoms with E-state index in [9.17, 15) is 4.79 Å². The molecule has 0 aliphatic carbocycles. The minimum Gasteiger partial charge on any atom is -0.497 e. The number of oxazole rings is 1. The first-order valence-electron chi connectivity index (χ1n) is 7.63. The van der Waals surface area contributed by atoms with Crippen LogP contribution in [0.5, 0.6) is 5.75 Å². The highest BCUT2D eigenvalue weighted by atomic mass is 35.5. The molecule has 3 aromatic rings. The van der Waals surface area contributed by atoms with Crippen LogP contribution in [0.2, 0.25) is 5.15 Å². The molecule has 1 N–H and O–H groups in total. The van der Waals surface area contributed by atoms with Crippen LogP contribution >= 0.6 is 11.6 Å². The largest absolute Gasteiger partial charge is 0.497 e. The van der Waals surface area contributed by atoms with Crippen molar-refractivity contribution >= 4 is 17.5 Å². The molecule has 0 aliphatic rings. The van der Waals surface area contributed by atoms with Crippen LogP contribution in [0.3, 0.4) is 0 Å². The van der Waals surface area contributed by atoms with Gasteiger partial charge in [-0.15, -0.1) is 0 Å². The van der Waals surface area contributed by atoms with Crippen molar-refractivity contribution in [1.29, 1.82) is 0 Å². The fraction of sp³-hybridized carbons (Fsp3) is 0.235.